The first kappa shape index (κ1) is 19.1. The molecule has 0 saturated heterocycles. The van der Waals surface area contributed by atoms with Gasteiger partial charge in [-0.3, -0.25) is 14.7 Å². The van der Waals surface area contributed by atoms with Crippen LogP contribution in [0.15, 0.2) is 72.9 Å². The molecule has 0 fully saturated rings. The van der Waals surface area contributed by atoms with Crippen LogP contribution in [0.2, 0.25) is 0 Å². The van der Waals surface area contributed by atoms with E-state index in [0.29, 0.717) is 27.8 Å². The first-order chi connectivity index (χ1) is 14.8. The number of carbonyl (C=O) groups excluding carboxylic acids is 1. The van der Waals surface area contributed by atoms with Gasteiger partial charge in [-0.1, -0.05) is 24.3 Å². The number of anilines is 3. The predicted octanol–water partition coefficient (Wildman–Crippen LogP) is 5.72. The van der Waals surface area contributed by atoms with Crippen molar-refractivity contribution in [2.45, 2.75) is 12.6 Å². The van der Waals surface area contributed by atoms with Gasteiger partial charge in [0.05, 0.1) is 23.2 Å². The first-order valence-electron chi connectivity index (χ1n) is 9.59. The van der Waals surface area contributed by atoms with E-state index in [4.69, 9.17) is 5.73 Å². The second-order valence-electron chi connectivity index (χ2n) is 7.44. The van der Waals surface area contributed by atoms with E-state index in [0.717, 1.165) is 23.3 Å². The quantitative estimate of drug-likeness (QED) is 0.423. The third kappa shape index (κ3) is 3.28. The van der Waals surface area contributed by atoms with Crippen LogP contribution >= 0.6 is 0 Å². The van der Waals surface area contributed by atoms with E-state index < -0.39 is 11.7 Å². The molecule has 2 N–H and O–H groups in total. The lowest BCUT2D eigenvalue weighted by atomic mass is 10.0. The van der Waals surface area contributed by atoms with Gasteiger partial charge in [0.15, 0.2) is 0 Å². The highest BCUT2D eigenvalue weighted by molar-refractivity contribution is 6.14. The highest BCUT2D eigenvalue weighted by atomic mass is 19.4. The molecule has 0 atom stereocenters. The Bertz CT molecular complexity index is 1330. The number of rotatable bonds is 2. The molecule has 4 nitrogen and oxygen atoms in total. The highest BCUT2D eigenvalue weighted by Gasteiger charge is 2.34. The number of aromatic nitrogens is 1. The van der Waals surface area contributed by atoms with E-state index in [1.54, 1.807) is 18.3 Å². The van der Waals surface area contributed by atoms with Crippen molar-refractivity contribution in [1.82, 2.24) is 4.98 Å². The maximum absolute atomic E-state index is 13.2. The number of pyridine rings is 1. The summed E-state index contributed by atoms with van der Waals surface area (Å²) in [6.45, 7) is 0. The molecule has 4 aromatic rings. The van der Waals surface area contributed by atoms with Crippen LogP contribution < -0.4 is 10.6 Å². The van der Waals surface area contributed by atoms with Crippen LogP contribution in [0, 0.1) is 0 Å². The number of hydrogen-bond acceptors (Lipinski definition) is 3. The Morgan fingerprint density at radius 1 is 0.935 bits per heavy atom. The molecular formula is C24H16F3N3O. The van der Waals surface area contributed by atoms with E-state index in [2.05, 4.69) is 4.98 Å². The Balaban J connectivity index is 1.70. The Morgan fingerprint density at radius 2 is 1.68 bits per heavy atom. The van der Waals surface area contributed by atoms with Crippen LogP contribution in [-0.4, -0.2) is 10.9 Å². The van der Waals surface area contributed by atoms with Gasteiger partial charge < -0.3 is 5.73 Å². The number of nitrogens with zero attached hydrogens (tertiary/aromatic N) is 2. The van der Waals surface area contributed by atoms with E-state index in [-0.39, 0.29) is 18.0 Å². The van der Waals surface area contributed by atoms with Crippen LogP contribution in [0.25, 0.3) is 22.0 Å². The zero-order valence-corrected chi connectivity index (χ0v) is 16.1. The molecule has 3 aromatic carbocycles. The SMILES string of the molecule is Nc1ccc(-c2ccc3ncc4c(c3c2)N(c2cccc(C(F)(F)F)c2)C(=O)C4)cc1. The Labute approximate surface area is 175 Å². The van der Waals surface area contributed by atoms with Gasteiger partial charge in [0, 0.05) is 28.5 Å². The lowest BCUT2D eigenvalue weighted by molar-refractivity contribution is -0.137. The molecule has 0 unspecified atom stereocenters. The lowest BCUT2D eigenvalue weighted by Crippen LogP contribution is -2.21. The molecule has 0 spiro atoms. The molecule has 7 heteroatoms. The number of halogens is 3. The molecule has 0 saturated carbocycles. The highest BCUT2D eigenvalue weighted by Crippen LogP contribution is 2.42. The number of benzene rings is 3. The summed E-state index contributed by atoms with van der Waals surface area (Å²) in [6.07, 6.45) is -2.79. The van der Waals surface area contributed by atoms with Gasteiger partial charge in [0.25, 0.3) is 0 Å². The zero-order valence-electron chi connectivity index (χ0n) is 16.1. The molecule has 1 aliphatic heterocycles. The third-order valence-electron chi connectivity index (χ3n) is 5.41. The van der Waals surface area contributed by atoms with Crippen molar-refractivity contribution < 1.29 is 18.0 Å². The number of alkyl halides is 3. The molecule has 1 amide bonds. The average molecular weight is 419 g/mol. The Morgan fingerprint density at radius 3 is 2.42 bits per heavy atom. The van der Waals surface area contributed by atoms with E-state index >= 15 is 0 Å². The number of hydrogen-bond donors (Lipinski definition) is 1. The van der Waals surface area contributed by atoms with Gasteiger partial charge in [-0.2, -0.15) is 13.2 Å². The van der Waals surface area contributed by atoms with Gasteiger partial charge in [-0.05, 0) is 53.6 Å². The summed E-state index contributed by atoms with van der Waals surface area (Å²) in [5, 5.41) is 0.704. The van der Waals surface area contributed by atoms with Gasteiger partial charge in [-0.15, -0.1) is 0 Å². The fourth-order valence-corrected chi connectivity index (χ4v) is 3.93. The summed E-state index contributed by atoms with van der Waals surface area (Å²) < 4.78 is 39.7. The maximum Gasteiger partial charge on any atom is 0.416 e. The molecule has 154 valence electrons. The maximum atomic E-state index is 13.2. The second kappa shape index (κ2) is 6.84. The molecule has 0 aliphatic carbocycles. The molecular weight excluding hydrogens is 403 g/mol. The van der Waals surface area contributed by atoms with Crippen LogP contribution in [-0.2, 0) is 17.4 Å². The molecule has 5 rings (SSSR count). The summed E-state index contributed by atoms with van der Waals surface area (Å²) in [6, 6.07) is 17.9. The number of nitrogens with two attached hydrogens (primary N) is 1. The first-order valence-corrected chi connectivity index (χ1v) is 9.59. The van der Waals surface area contributed by atoms with Gasteiger partial charge in [0.2, 0.25) is 5.91 Å². The van der Waals surface area contributed by atoms with Crippen molar-refractivity contribution in [1.29, 1.82) is 0 Å². The van der Waals surface area contributed by atoms with Crippen molar-refractivity contribution >= 4 is 33.9 Å². The van der Waals surface area contributed by atoms with Crippen LogP contribution in [0.4, 0.5) is 30.2 Å². The number of carbonyl (C=O) groups is 1. The smallest absolute Gasteiger partial charge is 0.399 e. The third-order valence-corrected chi connectivity index (χ3v) is 5.41. The van der Waals surface area contributed by atoms with Crippen molar-refractivity contribution in [2.24, 2.45) is 0 Å². The minimum absolute atomic E-state index is 0.0839. The van der Waals surface area contributed by atoms with Gasteiger partial charge in [0.1, 0.15) is 0 Å². The summed E-state index contributed by atoms with van der Waals surface area (Å²) in [5.74, 6) is -0.290. The van der Waals surface area contributed by atoms with E-state index in [9.17, 15) is 18.0 Å². The Hall–Kier alpha value is -3.87. The Kier molecular flexibility index (Phi) is 4.22. The minimum atomic E-state index is -4.50. The van der Waals surface area contributed by atoms with Crippen LogP contribution in [0.3, 0.4) is 0 Å². The average Bonchev–Trinajstić information content (AvgIpc) is 3.10. The van der Waals surface area contributed by atoms with Crippen LogP contribution in [0.5, 0.6) is 0 Å². The summed E-state index contributed by atoms with van der Waals surface area (Å²) in [4.78, 5) is 18.6. The van der Waals surface area contributed by atoms with E-state index in [1.807, 2.05) is 30.3 Å². The zero-order chi connectivity index (χ0) is 21.8. The summed E-state index contributed by atoms with van der Waals surface area (Å²) in [7, 11) is 0. The largest absolute Gasteiger partial charge is 0.416 e. The topological polar surface area (TPSA) is 59.2 Å². The molecule has 0 bridgehead atoms. The fraction of sp³-hybridized carbons (Fsp3) is 0.0833. The summed E-state index contributed by atoms with van der Waals surface area (Å²) in [5.41, 5.74) is 9.55. The van der Waals surface area contributed by atoms with Crippen LogP contribution in [0.1, 0.15) is 11.1 Å². The van der Waals surface area contributed by atoms with Crippen molar-refractivity contribution in [3.8, 4) is 11.1 Å². The van der Waals surface area contributed by atoms with Gasteiger partial charge in [-0.25, -0.2) is 0 Å². The molecule has 1 aromatic heterocycles. The van der Waals surface area contributed by atoms with E-state index in [1.165, 1.54) is 17.0 Å². The molecule has 0 radical (unpaired) electrons. The molecule has 2 heterocycles. The lowest BCUT2D eigenvalue weighted by Gasteiger charge is -2.21. The predicted molar refractivity (Wildman–Crippen MR) is 114 cm³/mol. The fourth-order valence-electron chi connectivity index (χ4n) is 3.93. The monoisotopic (exact) mass is 419 g/mol. The van der Waals surface area contributed by atoms with Crippen molar-refractivity contribution in [3.63, 3.8) is 0 Å². The van der Waals surface area contributed by atoms with Gasteiger partial charge >= 0.3 is 6.18 Å². The van der Waals surface area contributed by atoms with Crippen molar-refractivity contribution in [3.05, 3.63) is 84.1 Å². The number of nitrogen functional groups attached to an aromatic ring is 1. The van der Waals surface area contributed by atoms with Crippen molar-refractivity contribution in [2.75, 3.05) is 10.6 Å². The number of fused-ring (bicyclic) bond motifs is 3. The number of amides is 1. The standard InChI is InChI=1S/C24H16F3N3O/c25-24(26,27)17-2-1-3-19(12-17)30-22(31)11-16-13-29-21-9-6-15(10-20(21)23(16)30)14-4-7-18(28)8-5-14/h1-10,12-13H,11,28H2. The minimum Gasteiger partial charge on any atom is -0.399 e. The molecule has 31 heavy (non-hydrogen) atoms. The summed E-state index contributed by atoms with van der Waals surface area (Å²) >= 11 is 0. The second-order valence-corrected chi connectivity index (χ2v) is 7.44. The normalized spacial score (nSPS) is 13.6. The molecule has 1 aliphatic rings.